The van der Waals surface area contributed by atoms with E-state index in [-0.39, 0.29) is 17.4 Å². The molecule has 0 amide bonds. The fourth-order valence-corrected chi connectivity index (χ4v) is 4.48. The summed E-state index contributed by atoms with van der Waals surface area (Å²) in [4.78, 5) is 12.1. The number of ether oxygens (including phenoxy) is 1. The van der Waals surface area contributed by atoms with Crippen molar-refractivity contribution in [2.45, 2.75) is 31.5 Å². The van der Waals surface area contributed by atoms with Gasteiger partial charge in [0.05, 0.1) is 24.3 Å². The van der Waals surface area contributed by atoms with E-state index in [9.17, 15) is 18.0 Å². The average molecular weight is 387 g/mol. The Balaban J connectivity index is 1.86. The van der Waals surface area contributed by atoms with Crippen LogP contribution in [0.5, 0.6) is 0 Å². The van der Waals surface area contributed by atoms with Crippen LogP contribution in [-0.4, -0.2) is 13.1 Å². The minimum absolute atomic E-state index is 0.00735. The Morgan fingerprint density at radius 1 is 1.14 bits per heavy atom. The van der Waals surface area contributed by atoms with Crippen LogP contribution in [0.15, 0.2) is 48.6 Å². The number of anilines is 1. The van der Waals surface area contributed by atoms with Gasteiger partial charge in [-0.1, -0.05) is 36.4 Å². The van der Waals surface area contributed by atoms with Gasteiger partial charge >= 0.3 is 12.1 Å². The molecule has 2 aromatic rings. The second-order valence-electron chi connectivity index (χ2n) is 7.25. The molecule has 1 N–H and O–H groups in total. The number of hydrogen-bond donors (Lipinski definition) is 1. The number of carbonyl (C=O) groups is 1. The molecule has 3 nitrogen and oxygen atoms in total. The average Bonchev–Trinajstić information content (AvgIpc) is 3.16. The van der Waals surface area contributed by atoms with Crippen LogP contribution in [0, 0.1) is 12.8 Å². The second-order valence-corrected chi connectivity index (χ2v) is 7.25. The Labute approximate surface area is 161 Å². The summed E-state index contributed by atoms with van der Waals surface area (Å²) in [5.74, 6) is -0.467. The van der Waals surface area contributed by atoms with Crippen LogP contribution in [0.1, 0.15) is 51.0 Å². The van der Waals surface area contributed by atoms with Gasteiger partial charge in [-0.05, 0) is 48.1 Å². The van der Waals surface area contributed by atoms with Crippen molar-refractivity contribution in [3.05, 3.63) is 76.4 Å². The third kappa shape index (κ3) is 2.87. The third-order valence-corrected chi connectivity index (χ3v) is 5.80. The lowest BCUT2D eigenvalue weighted by atomic mass is 9.75. The highest BCUT2D eigenvalue weighted by Crippen LogP contribution is 2.52. The van der Waals surface area contributed by atoms with Crippen molar-refractivity contribution in [1.29, 1.82) is 0 Å². The normalized spacial score (nSPS) is 23.0. The predicted octanol–water partition coefficient (Wildman–Crippen LogP) is 5.63. The van der Waals surface area contributed by atoms with Crippen LogP contribution in [0.4, 0.5) is 18.9 Å². The number of carbonyl (C=O) groups excluding carboxylic acids is 1. The summed E-state index contributed by atoms with van der Waals surface area (Å²) < 4.78 is 45.7. The molecule has 0 bridgehead atoms. The molecular formula is C22H20F3NO2. The number of benzene rings is 2. The van der Waals surface area contributed by atoms with Crippen LogP contribution < -0.4 is 5.32 Å². The number of hydrogen-bond acceptors (Lipinski definition) is 3. The molecular weight excluding hydrogens is 367 g/mol. The van der Waals surface area contributed by atoms with Crippen molar-refractivity contribution < 1.29 is 22.7 Å². The first kappa shape index (κ1) is 18.6. The lowest BCUT2D eigenvalue weighted by Gasteiger charge is -2.39. The first-order valence-electron chi connectivity index (χ1n) is 9.14. The molecule has 0 spiro atoms. The zero-order chi connectivity index (χ0) is 20.1. The van der Waals surface area contributed by atoms with E-state index >= 15 is 0 Å². The van der Waals surface area contributed by atoms with E-state index in [1.165, 1.54) is 13.2 Å². The molecule has 2 aromatic carbocycles. The number of nitrogens with one attached hydrogen (secondary N) is 1. The van der Waals surface area contributed by atoms with E-state index in [0.29, 0.717) is 17.5 Å². The molecule has 1 aliphatic heterocycles. The summed E-state index contributed by atoms with van der Waals surface area (Å²) in [5.41, 5.74) is 2.45. The Morgan fingerprint density at radius 3 is 2.61 bits per heavy atom. The second kappa shape index (κ2) is 6.69. The van der Waals surface area contributed by atoms with Crippen molar-refractivity contribution in [3.8, 4) is 0 Å². The van der Waals surface area contributed by atoms with Crippen LogP contribution in [0.25, 0.3) is 0 Å². The maximum Gasteiger partial charge on any atom is 0.416 e. The molecule has 1 heterocycles. The van der Waals surface area contributed by atoms with Crippen molar-refractivity contribution in [1.82, 2.24) is 0 Å². The Kier molecular flexibility index (Phi) is 4.44. The van der Waals surface area contributed by atoms with Gasteiger partial charge in [-0.2, -0.15) is 13.2 Å². The third-order valence-electron chi connectivity index (χ3n) is 5.80. The van der Waals surface area contributed by atoms with Gasteiger partial charge in [0.25, 0.3) is 0 Å². The lowest BCUT2D eigenvalue weighted by molar-refractivity contribution is -0.138. The number of halogens is 3. The van der Waals surface area contributed by atoms with E-state index in [4.69, 9.17) is 4.74 Å². The monoisotopic (exact) mass is 387 g/mol. The smallest absolute Gasteiger partial charge is 0.416 e. The predicted molar refractivity (Wildman–Crippen MR) is 100 cm³/mol. The van der Waals surface area contributed by atoms with Crippen LogP contribution in [0.2, 0.25) is 0 Å². The number of alkyl halides is 3. The van der Waals surface area contributed by atoms with Gasteiger partial charge in [-0.3, -0.25) is 0 Å². The molecule has 146 valence electrons. The zero-order valence-electron chi connectivity index (χ0n) is 15.5. The van der Waals surface area contributed by atoms with Gasteiger partial charge in [-0.15, -0.1) is 0 Å². The molecule has 0 unspecified atom stereocenters. The highest BCUT2D eigenvalue weighted by molar-refractivity contribution is 5.93. The minimum Gasteiger partial charge on any atom is -0.465 e. The summed E-state index contributed by atoms with van der Waals surface area (Å²) in [6, 6.07) is 8.82. The Hall–Kier alpha value is -2.76. The summed E-state index contributed by atoms with van der Waals surface area (Å²) in [5, 5.41) is 3.34. The van der Waals surface area contributed by atoms with Crippen molar-refractivity contribution in [2.75, 3.05) is 12.4 Å². The lowest BCUT2D eigenvalue weighted by Crippen LogP contribution is -2.31. The van der Waals surface area contributed by atoms with E-state index in [0.717, 1.165) is 17.3 Å². The number of allylic oxidation sites excluding steroid dienone is 2. The Morgan fingerprint density at radius 2 is 1.89 bits per heavy atom. The van der Waals surface area contributed by atoms with Crippen molar-refractivity contribution in [2.24, 2.45) is 5.92 Å². The molecule has 4 rings (SSSR count). The summed E-state index contributed by atoms with van der Waals surface area (Å²) >= 11 is 0. The molecule has 0 radical (unpaired) electrons. The van der Waals surface area contributed by atoms with Crippen LogP contribution >= 0.6 is 0 Å². The maximum atomic E-state index is 13.6. The number of esters is 1. The molecule has 0 aromatic heterocycles. The van der Waals surface area contributed by atoms with Gasteiger partial charge in [0, 0.05) is 11.6 Å². The van der Waals surface area contributed by atoms with Crippen LogP contribution in [0.3, 0.4) is 0 Å². The molecule has 28 heavy (non-hydrogen) atoms. The maximum absolute atomic E-state index is 13.6. The first-order valence-corrected chi connectivity index (χ1v) is 9.14. The van der Waals surface area contributed by atoms with E-state index in [2.05, 4.69) is 11.4 Å². The van der Waals surface area contributed by atoms with Gasteiger partial charge < -0.3 is 10.1 Å². The first-order chi connectivity index (χ1) is 13.3. The highest BCUT2D eigenvalue weighted by Gasteiger charge is 2.43. The minimum atomic E-state index is -4.43. The fraction of sp³-hybridized carbons (Fsp3) is 0.318. The highest BCUT2D eigenvalue weighted by atomic mass is 19.4. The van der Waals surface area contributed by atoms with E-state index in [1.54, 1.807) is 25.1 Å². The van der Waals surface area contributed by atoms with Gasteiger partial charge in [0.1, 0.15) is 0 Å². The SMILES string of the molecule is COC(=O)c1ccc2c(c1C)N[C@H](c1ccccc1C(F)(F)F)[C@@H]1CC=C[C@H]21. The van der Waals surface area contributed by atoms with E-state index in [1.807, 2.05) is 12.1 Å². The summed E-state index contributed by atoms with van der Waals surface area (Å²) in [7, 11) is 1.31. The van der Waals surface area contributed by atoms with Crippen LogP contribution in [-0.2, 0) is 10.9 Å². The Bertz CT molecular complexity index is 965. The molecule has 2 aliphatic rings. The molecule has 0 fully saturated rings. The summed E-state index contributed by atoms with van der Waals surface area (Å²) in [6.07, 6.45) is 0.360. The summed E-state index contributed by atoms with van der Waals surface area (Å²) in [6.45, 7) is 1.80. The fourth-order valence-electron chi connectivity index (χ4n) is 4.48. The largest absolute Gasteiger partial charge is 0.465 e. The van der Waals surface area contributed by atoms with Crippen molar-refractivity contribution in [3.63, 3.8) is 0 Å². The zero-order valence-corrected chi connectivity index (χ0v) is 15.5. The molecule has 0 saturated carbocycles. The topological polar surface area (TPSA) is 38.3 Å². The standard InChI is InChI=1S/C22H20F3NO2/c1-12-13(21(27)28-2)10-11-16-14-7-5-8-15(14)20(26-19(12)16)17-6-3-4-9-18(17)22(23,24)25/h3-7,9-11,14-15,20,26H,8H2,1-2H3/t14-,15+,20-/m0/s1. The molecule has 3 atom stereocenters. The van der Waals surface area contributed by atoms with E-state index < -0.39 is 23.8 Å². The molecule has 1 aliphatic carbocycles. The number of fused-ring (bicyclic) bond motifs is 3. The van der Waals surface area contributed by atoms with Gasteiger partial charge in [0.15, 0.2) is 0 Å². The number of rotatable bonds is 2. The molecule has 6 heteroatoms. The van der Waals surface area contributed by atoms with Gasteiger partial charge in [0.2, 0.25) is 0 Å². The van der Waals surface area contributed by atoms with Gasteiger partial charge in [-0.25, -0.2) is 4.79 Å². The molecule has 0 saturated heterocycles. The van der Waals surface area contributed by atoms with Crippen molar-refractivity contribution >= 4 is 11.7 Å². The quantitative estimate of drug-likeness (QED) is 0.536. The number of methoxy groups -OCH3 is 1.